The van der Waals surface area contributed by atoms with Crippen LogP contribution in [-0.2, 0) is 6.54 Å². The van der Waals surface area contributed by atoms with E-state index in [0.717, 1.165) is 6.07 Å². The lowest BCUT2D eigenvalue weighted by Gasteiger charge is -2.10. The van der Waals surface area contributed by atoms with Crippen LogP contribution in [0.1, 0.15) is 27.6 Å². The van der Waals surface area contributed by atoms with Gasteiger partial charge in [-0.1, -0.05) is 23.4 Å². The Morgan fingerprint density at radius 2 is 2.06 bits per heavy atom. The van der Waals surface area contributed by atoms with Crippen molar-refractivity contribution in [2.75, 3.05) is 5.32 Å². The van der Waals surface area contributed by atoms with Crippen molar-refractivity contribution in [3.05, 3.63) is 89.7 Å². The first-order chi connectivity index (χ1) is 16.0. The maximum atomic E-state index is 14.0. The highest BCUT2D eigenvalue weighted by atomic mass is 19.1. The zero-order valence-electron chi connectivity index (χ0n) is 16.8. The molecule has 0 aliphatic heterocycles. The highest BCUT2D eigenvalue weighted by Crippen LogP contribution is 2.15. The number of carbonyl (C=O) groups is 1. The quantitative estimate of drug-likeness (QED) is 0.296. The lowest BCUT2D eigenvalue weighted by molar-refractivity contribution is 0.0987. The third-order valence-electron chi connectivity index (χ3n) is 4.29. The summed E-state index contributed by atoms with van der Waals surface area (Å²) in [6.45, 7) is 0.139. The molecule has 0 fully saturated rings. The number of rotatable bonds is 8. The standard InChI is InChI=1S/C21H16FN7O4/c22-13-4-2-1-3-12(13)11-25-16(15-6-8-32-28-15)9-14(23)20-24-7-5-18(26-20)27-21(31)17-10-19(30)29-33-17/h1-10,23,25H,11H2,(H,29,30)(H,24,26,27,31)/b16-9-,23-14?. The number of aromatic nitrogens is 4. The van der Waals surface area contributed by atoms with Crippen molar-refractivity contribution in [1.82, 2.24) is 25.6 Å². The van der Waals surface area contributed by atoms with E-state index < -0.39 is 11.8 Å². The van der Waals surface area contributed by atoms with Gasteiger partial charge in [0.1, 0.15) is 29.3 Å². The van der Waals surface area contributed by atoms with Crippen LogP contribution in [0.3, 0.4) is 0 Å². The first-order valence-corrected chi connectivity index (χ1v) is 9.48. The van der Waals surface area contributed by atoms with Crippen LogP contribution in [0.25, 0.3) is 5.70 Å². The van der Waals surface area contributed by atoms with Crippen molar-refractivity contribution in [3.63, 3.8) is 0 Å². The highest BCUT2D eigenvalue weighted by molar-refractivity contribution is 6.08. The average molecular weight is 449 g/mol. The number of carbonyl (C=O) groups excluding carboxylic acids is 1. The average Bonchev–Trinajstić information content (AvgIpc) is 3.50. The predicted molar refractivity (Wildman–Crippen MR) is 113 cm³/mol. The van der Waals surface area contributed by atoms with E-state index in [1.807, 2.05) is 0 Å². The summed E-state index contributed by atoms with van der Waals surface area (Å²) in [5, 5.41) is 30.2. The van der Waals surface area contributed by atoms with E-state index >= 15 is 0 Å². The maximum Gasteiger partial charge on any atom is 0.295 e. The van der Waals surface area contributed by atoms with Crippen LogP contribution in [0.5, 0.6) is 5.88 Å². The van der Waals surface area contributed by atoms with Crippen molar-refractivity contribution in [3.8, 4) is 5.88 Å². The first-order valence-electron chi connectivity index (χ1n) is 9.48. The summed E-state index contributed by atoms with van der Waals surface area (Å²) < 4.78 is 23.5. The smallest absolute Gasteiger partial charge is 0.295 e. The summed E-state index contributed by atoms with van der Waals surface area (Å²) in [6.07, 6.45) is 4.14. The van der Waals surface area contributed by atoms with Gasteiger partial charge < -0.3 is 24.8 Å². The van der Waals surface area contributed by atoms with Gasteiger partial charge in [-0.05, 0) is 23.4 Å². The van der Waals surface area contributed by atoms with E-state index in [4.69, 9.17) is 9.93 Å². The number of nitrogens with zero attached hydrogens (tertiary/aromatic N) is 4. The number of benzene rings is 1. The number of hydrogen-bond donors (Lipinski definition) is 4. The lowest BCUT2D eigenvalue weighted by atomic mass is 10.2. The highest BCUT2D eigenvalue weighted by Gasteiger charge is 2.15. The van der Waals surface area contributed by atoms with Crippen LogP contribution in [0, 0.1) is 11.2 Å². The van der Waals surface area contributed by atoms with E-state index in [1.165, 1.54) is 30.7 Å². The van der Waals surface area contributed by atoms with Crippen molar-refractivity contribution in [1.29, 1.82) is 5.41 Å². The molecule has 1 aromatic carbocycles. The molecule has 0 atom stereocenters. The number of halogens is 1. The summed E-state index contributed by atoms with van der Waals surface area (Å²) in [7, 11) is 0. The molecule has 0 unspecified atom stereocenters. The zero-order valence-corrected chi connectivity index (χ0v) is 16.8. The van der Waals surface area contributed by atoms with E-state index in [2.05, 4.69) is 35.4 Å². The SMILES string of the molecule is N=C(/C=C(\NCc1ccccc1F)c1ccon1)c1nccc(NC(=O)c2cc(O)no2)n1. The second kappa shape index (κ2) is 9.51. The Bertz CT molecular complexity index is 1320. The number of nitrogens with one attached hydrogen (secondary N) is 3. The Morgan fingerprint density at radius 3 is 2.79 bits per heavy atom. The van der Waals surface area contributed by atoms with Gasteiger partial charge in [0, 0.05) is 24.4 Å². The van der Waals surface area contributed by atoms with E-state index in [-0.39, 0.29) is 35.5 Å². The molecule has 0 radical (unpaired) electrons. The van der Waals surface area contributed by atoms with Gasteiger partial charge in [-0.3, -0.25) is 10.2 Å². The summed E-state index contributed by atoms with van der Waals surface area (Å²) >= 11 is 0. The van der Waals surface area contributed by atoms with E-state index in [9.17, 15) is 14.3 Å². The monoisotopic (exact) mass is 449 g/mol. The normalized spacial score (nSPS) is 11.2. The molecule has 33 heavy (non-hydrogen) atoms. The van der Waals surface area contributed by atoms with Crippen LogP contribution in [0.4, 0.5) is 10.2 Å². The fourth-order valence-electron chi connectivity index (χ4n) is 2.72. The minimum absolute atomic E-state index is 0.00176. The number of aromatic hydroxyl groups is 1. The van der Waals surface area contributed by atoms with Gasteiger partial charge in [0.05, 0.1) is 11.8 Å². The van der Waals surface area contributed by atoms with Gasteiger partial charge in [-0.15, -0.1) is 0 Å². The molecule has 166 valence electrons. The minimum Gasteiger partial charge on any atom is -0.491 e. The molecule has 0 saturated heterocycles. The Morgan fingerprint density at radius 1 is 1.21 bits per heavy atom. The number of anilines is 1. The molecule has 0 spiro atoms. The summed E-state index contributed by atoms with van der Waals surface area (Å²) in [5.41, 5.74) is 1.10. The van der Waals surface area contributed by atoms with Gasteiger partial charge >= 0.3 is 0 Å². The molecule has 11 nitrogen and oxygen atoms in total. The molecule has 0 bridgehead atoms. The fraction of sp³-hybridized carbons (Fsp3) is 0.0476. The largest absolute Gasteiger partial charge is 0.491 e. The number of amides is 1. The summed E-state index contributed by atoms with van der Waals surface area (Å²) in [6, 6.07) is 10.4. The Hall–Kier alpha value is -4.87. The van der Waals surface area contributed by atoms with Crippen LogP contribution in [0.15, 0.2) is 70.0 Å². The van der Waals surface area contributed by atoms with Crippen molar-refractivity contribution in [2.45, 2.75) is 6.54 Å². The fourth-order valence-corrected chi connectivity index (χ4v) is 2.72. The van der Waals surface area contributed by atoms with Crippen molar-refractivity contribution < 1.29 is 23.3 Å². The van der Waals surface area contributed by atoms with Gasteiger partial charge in [-0.2, -0.15) is 0 Å². The Kier molecular flexibility index (Phi) is 6.16. The molecule has 0 aliphatic carbocycles. The zero-order chi connectivity index (χ0) is 23.2. The third kappa shape index (κ3) is 5.25. The van der Waals surface area contributed by atoms with Crippen molar-refractivity contribution in [2.24, 2.45) is 0 Å². The molecule has 4 N–H and O–H groups in total. The van der Waals surface area contributed by atoms with Crippen molar-refractivity contribution >= 4 is 23.1 Å². The van der Waals surface area contributed by atoms with Crippen LogP contribution < -0.4 is 10.6 Å². The Labute approximate surface area is 185 Å². The van der Waals surface area contributed by atoms with E-state index in [0.29, 0.717) is 17.0 Å². The van der Waals surface area contributed by atoms with Crippen LogP contribution in [-0.4, -0.2) is 37.0 Å². The van der Waals surface area contributed by atoms with Crippen LogP contribution in [0.2, 0.25) is 0 Å². The van der Waals surface area contributed by atoms with Crippen LogP contribution >= 0.6 is 0 Å². The second-order valence-corrected chi connectivity index (χ2v) is 6.57. The van der Waals surface area contributed by atoms with E-state index in [1.54, 1.807) is 24.3 Å². The molecular formula is C21H16FN7O4. The molecule has 0 aliphatic rings. The Balaban J connectivity index is 1.53. The summed E-state index contributed by atoms with van der Waals surface area (Å²) in [5.74, 6) is -1.61. The first kappa shape index (κ1) is 21.4. The third-order valence-corrected chi connectivity index (χ3v) is 4.29. The van der Waals surface area contributed by atoms with Gasteiger partial charge in [0.25, 0.3) is 11.8 Å². The predicted octanol–water partition coefficient (Wildman–Crippen LogP) is 2.75. The minimum atomic E-state index is -0.690. The topological polar surface area (TPSA) is 163 Å². The molecule has 0 saturated carbocycles. The van der Waals surface area contributed by atoms with Gasteiger partial charge in [0.15, 0.2) is 5.82 Å². The lowest BCUT2D eigenvalue weighted by Crippen LogP contribution is -2.16. The molecule has 1 amide bonds. The second-order valence-electron chi connectivity index (χ2n) is 6.57. The molecule has 4 rings (SSSR count). The molecule has 3 heterocycles. The number of hydrogen-bond acceptors (Lipinski definition) is 10. The summed E-state index contributed by atoms with van der Waals surface area (Å²) in [4.78, 5) is 20.3. The molecule has 3 aromatic heterocycles. The molecular weight excluding hydrogens is 433 g/mol. The number of allylic oxidation sites excluding steroid dienone is 1. The van der Waals surface area contributed by atoms with Gasteiger partial charge in [-0.25, -0.2) is 14.4 Å². The van der Waals surface area contributed by atoms with Gasteiger partial charge in [0.2, 0.25) is 5.76 Å². The molecule has 4 aromatic rings. The maximum absolute atomic E-state index is 14.0. The molecule has 12 heteroatoms.